The standard InChI is InChI=1S/C13H18BrN3/c14-12-2-1-3-13(15-12)17-8-6-16(7-9-17)10-11-4-5-11/h1-3,11H,4-10H2. The van der Waals surface area contributed by atoms with Gasteiger partial charge in [-0.25, -0.2) is 4.98 Å². The minimum atomic E-state index is 0.926. The number of piperazine rings is 1. The van der Waals surface area contributed by atoms with Crippen LogP contribution in [-0.4, -0.2) is 42.6 Å². The third kappa shape index (κ3) is 2.99. The summed E-state index contributed by atoms with van der Waals surface area (Å²) in [5, 5.41) is 0. The molecule has 3 rings (SSSR count). The third-order valence-electron chi connectivity index (χ3n) is 3.61. The minimum absolute atomic E-state index is 0.926. The number of pyridine rings is 1. The number of nitrogens with zero attached hydrogens (tertiary/aromatic N) is 3. The molecular formula is C13H18BrN3. The molecule has 92 valence electrons. The molecule has 3 nitrogen and oxygen atoms in total. The Labute approximate surface area is 111 Å². The van der Waals surface area contributed by atoms with Gasteiger partial charge in [0.1, 0.15) is 10.4 Å². The van der Waals surface area contributed by atoms with E-state index < -0.39 is 0 Å². The molecule has 1 aromatic rings. The predicted octanol–water partition coefficient (Wildman–Crippen LogP) is 2.38. The van der Waals surface area contributed by atoms with Crippen LogP contribution in [-0.2, 0) is 0 Å². The number of anilines is 1. The van der Waals surface area contributed by atoms with Gasteiger partial charge >= 0.3 is 0 Å². The smallest absolute Gasteiger partial charge is 0.129 e. The molecule has 0 N–H and O–H groups in total. The summed E-state index contributed by atoms with van der Waals surface area (Å²) in [6.07, 6.45) is 2.90. The molecule has 0 amide bonds. The van der Waals surface area contributed by atoms with Gasteiger partial charge in [-0.05, 0) is 46.8 Å². The highest BCUT2D eigenvalue weighted by atomic mass is 79.9. The SMILES string of the molecule is Brc1cccc(N2CCN(CC3CC3)CC2)n1. The average Bonchev–Trinajstić information content (AvgIpc) is 3.14. The molecule has 1 aromatic heterocycles. The van der Waals surface area contributed by atoms with Gasteiger partial charge in [-0.15, -0.1) is 0 Å². The molecule has 0 radical (unpaired) electrons. The van der Waals surface area contributed by atoms with E-state index in [2.05, 4.69) is 42.8 Å². The Bertz CT molecular complexity index is 384. The predicted molar refractivity (Wildman–Crippen MR) is 73.3 cm³/mol. The molecule has 1 aliphatic carbocycles. The summed E-state index contributed by atoms with van der Waals surface area (Å²) in [7, 11) is 0. The summed E-state index contributed by atoms with van der Waals surface area (Å²) in [4.78, 5) is 9.51. The lowest BCUT2D eigenvalue weighted by molar-refractivity contribution is 0.247. The van der Waals surface area contributed by atoms with Gasteiger partial charge in [-0.1, -0.05) is 6.07 Å². The van der Waals surface area contributed by atoms with Crippen LogP contribution in [0, 0.1) is 5.92 Å². The lowest BCUT2D eigenvalue weighted by Gasteiger charge is -2.35. The molecule has 0 bridgehead atoms. The second-order valence-electron chi connectivity index (χ2n) is 5.05. The number of hydrogen-bond acceptors (Lipinski definition) is 3. The van der Waals surface area contributed by atoms with E-state index in [1.807, 2.05) is 6.07 Å². The molecule has 0 unspecified atom stereocenters. The number of hydrogen-bond donors (Lipinski definition) is 0. The Hall–Kier alpha value is -0.610. The van der Waals surface area contributed by atoms with E-state index >= 15 is 0 Å². The number of aromatic nitrogens is 1. The van der Waals surface area contributed by atoms with Gasteiger partial charge in [0, 0.05) is 32.7 Å². The molecule has 2 aliphatic rings. The van der Waals surface area contributed by atoms with E-state index in [1.165, 1.54) is 32.5 Å². The van der Waals surface area contributed by atoms with E-state index in [4.69, 9.17) is 0 Å². The van der Waals surface area contributed by atoms with Crippen LogP contribution in [0.25, 0.3) is 0 Å². The Morgan fingerprint density at radius 1 is 1.18 bits per heavy atom. The summed E-state index contributed by atoms with van der Waals surface area (Å²) in [5.74, 6) is 2.11. The van der Waals surface area contributed by atoms with Crippen LogP contribution >= 0.6 is 15.9 Å². The zero-order valence-corrected chi connectivity index (χ0v) is 11.6. The largest absolute Gasteiger partial charge is 0.354 e. The Morgan fingerprint density at radius 2 is 1.94 bits per heavy atom. The van der Waals surface area contributed by atoms with E-state index in [9.17, 15) is 0 Å². The monoisotopic (exact) mass is 295 g/mol. The molecule has 2 fully saturated rings. The molecule has 2 heterocycles. The Kier molecular flexibility index (Phi) is 3.34. The molecule has 1 saturated heterocycles. The van der Waals surface area contributed by atoms with Crippen LogP contribution < -0.4 is 4.90 Å². The number of halogens is 1. The van der Waals surface area contributed by atoms with Gasteiger partial charge in [0.15, 0.2) is 0 Å². The second-order valence-corrected chi connectivity index (χ2v) is 5.86. The molecule has 0 aromatic carbocycles. The first kappa shape index (κ1) is 11.5. The van der Waals surface area contributed by atoms with Crippen molar-refractivity contribution in [2.45, 2.75) is 12.8 Å². The maximum absolute atomic E-state index is 4.52. The normalized spacial score (nSPS) is 21.8. The van der Waals surface area contributed by atoms with Crippen LogP contribution in [0.15, 0.2) is 22.8 Å². The average molecular weight is 296 g/mol. The first-order chi connectivity index (χ1) is 8.31. The highest BCUT2D eigenvalue weighted by Gasteiger charge is 2.26. The van der Waals surface area contributed by atoms with Gasteiger partial charge in [-0.3, -0.25) is 4.90 Å². The first-order valence-corrected chi connectivity index (χ1v) is 7.20. The summed E-state index contributed by atoms with van der Waals surface area (Å²) >= 11 is 3.43. The van der Waals surface area contributed by atoms with Crippen molar-refractivity contribution in [1.29, 1.82) is 0 Å². The van der Waals surface area contributed by atoms with Crippen molar-refractivity contribution in [2.75, 3.05) is 37.6 Å². The molecule has 0 atom stereocenters. The van der Waals surface area contributed by atoms with Crippen LogP contribution in [0.5, 0.6) is 0 Å². The zero-order chi connectivity index (χ0) is 11.7. The van der Waals surface area contributed by atoms with E-state index in [-0.39, 0.29) is 0 Å². The maximum atomic E-state index is 4.52. The van der Waals surface area contributed by atoms with Gasteiger partial charge in [-0.2, -0.15) is 0 Å². The highest BCUT2D eigenvalue weighted by Crippen LogP contribution is 2.30. The molecule has 0 spiro atoms. The quantitative estimate of drug-likeness (QED) is 0.798. The Morgan fingerprint density at radius 3 is 2.59 bits per heavy atom. The van der Waals surface area contributed by atoms with Crippen LogP contribution in [0.4, 0.5) is 5.82 Å². The minimum Gasteiger partial charge on any atom is -0.354 e. The molecule has 1 saturated carbocycles. The third-order valence-corrected chi connectivity index (χ3v) is 4.05. The van der Waals surface area contributed by atoms with Gasteiger partial charge in [0.25, 0.3) is 0 Å². The van der Waals surface area contributed by atoms with Crippen molar-refractivity contribution in [2.24, 2.45) is 5.92 Å². The van der Waals surface area contributed by atoms with Crippen molar-refractivity contribution in [3.8, 4) is 0 Å². The van der Waals surface area contributed by atoms with Gasteiger partial charge in [0.2, 0.25) is 0 Å². The number of rotatable bonds is 3. The van der Waals surface area contributed by atoms with Crippen molar-refractivity contribution in [3.63, 3.8) is 0 Å². The van der Waals surface area contributed by atoms with Crippen molar-refractivity contribution in [3.05, 3.63) is 22.8 Å². The van der Waals surface area contributed by atoms with Crippen molar-refractivity contribution < 1.29 is 0 Å². The van der Waals surface area contributed by atoms with Crippen LogP contribution in [0.2, 0.25) is 0 Å². The fourth-order valence-corrected chi connectivity index (χ4v) is 2.73. The topological polar surface area (TPSA) is 19.4 Å². The Balaban J connectivity index is 1.56. The zero-order valence-electron chi connectivity index (χ0n) is 9.98. The summed E-state index contributed by atoms with van der Waals surface area (Å²) in [6.45, 7) is 5.90. The lowest BCUT2D eigenvalue weighted by Crippen LogP contribution is -2.47. The first-order valence-electron chi connectivity index (χ1n) is 6.41. The highest BCUT2D eigenvalue weighted by molar-refractivity contribution is 9.10. The summed E-state index contributed by atoms with van der Waals surface area (Å²) < 4.78 is 0.926. The molecule has 1 aliphatic heterocycles. The van der Waals surface area contributed by atoms with E-state index in [1.54, 1.807) is 0 Å². The summed E-state index contributed by atoms with van der Waals surface area (Å²) in [5.41, 5.74) is 0. The van der Waals surface area contributed by atoms with Gasteiger partial charge < -0.3 is 4.90 Å². The summed E-state index contributed by atoms with van der Waals surface area (Å²) in [6, 6.07) is 6.14. The molecule has 4 heteroatoms. The fourth-order valence-electron chi connectivity index (χ4n) is 2.40. The van der Waals surface area contributed by atoms with Crippen molar-refractivity contribution >= 4 is 21.7 Å². The fraction of sp³-hybridized carbons (Fsp3) is 0.615. The second kappa shape index (κ2) is 4.94. The maximum Gasteiger partial charge on any atom is 0.129 e. The molecule has 17 heavy (non-hydrogen) atoms. The van der Waals surface area contributed by atoms with E-state index in [0.717, 1.165) is 29.4 Å². The van der Waals surface area contributed by atoms with Crippen molar-refractivity contribution in [1.82, 2.24) is 9.88 Å². The van der Waals surface area contributed by atoms with Gasteiger partial charge in [0.05, 0.1) is 0 Å². The van der Waals surface area contributed by atoms with Crippen LogP contribution in [0.1, 0.15) is 12.8 Å². The van der Waals surface area contributed by atoms with E-state index in [0.29, 0.717) is 0 Å². The molecular weight excluding hydrogens is 278 g/mol. The lowest BCUT2D eigenvalue weighted by atomic mass is 10.2. The van der Waals surface area contributed by atoms with Crippen LogP contribution in [0.3, 0.4) is 0 Å².